The predicted octanol–water partition coefficient (Wildman–Crippen LogP) is 6.34. The number of Topliss-reactive ketones (excluding diaryl/α,β-unsaturated/α-hetero) is 1. The van der Waals surface area contributed by atoms with E-state index in [2.05, 4.69) is 31.1 Å². The third kappa shape index (κ3) is 5.02. The number of thioether (sulfide) groups is 1. The maximum atomic E-state index is 14.2. The number of pyridine rings is 1. The second-order valence-corrected chi connectivity index (χ2v) is 12.9. The molecule has 1 atom stereocenters. The fourth-order valence-electron chi connectivity index (χ4n) is 5.04. The van der Waals surface area contributed by atoms with E-state index >= 15 is 0 Å². The molecule has 6 rings (SSSR count). The second-order valence-electron chi connectivity index (χ2n) is 9.88. The first-order valence-corrected chi connectivity index (χ1v) is 15.7. The number of fused-ring (bicyclic) bond motifs is 1. The largest absolute Gasteiger partial charge is 0.505 e. The van der Waals surface area contributed by atoms with Crippen LogP contribution in [-0.4, -0.2) is 48.6 Å². The van der Waals surface area contributed by atoms with Crippen LogP contribution >= 0.6 is 39.0 Å². The van der Waals surface area contributed by atoms with E-state index < -0.39 is 23.5 Å². The first kappa shape index (κ1) is 29.8. The minimum atomic E-state index is -1.18. The Bertz CT molecular complexity index is 2010. The van der Waals surface area contributed by atoms with Crippen LogP contribution < -0.4 is 9.64 Å². The first-order chi connectivity index (χ1) is 21.1. The van der Waals surface area contributed by atoms with Gasteiger partial charge in [-0.25, -0.2) is 9.37 Å². The summed E-state index contributed by atoms with van der Waals surface area (Å²) in [5, 5.41) is 30.7. The van der Waals surface area contributed by atoms with Gasteiger partial charge in [-0.3, -0.25) is 14.5 Å². The molecule has 4 heterocycles. The summed E-state index contributed by atoms with van der Waals surface area (Å²) in [5.41, 5.74) is 2.77. The molecular weight excluding hydrogens is 673 g/mol. The molecule has 2 aromatic carbocycles. The van der Waals surface area contributed by atoms with Crippen molar-refractivity contribution >= 4 is 67.3 Å². The number of aromatic hydroxyl groups is 1. The van der Waals surface area contributed by atoms with Crippen LogP contribution in [0.5, 0.6) is 11.5 Å². The van der Waals surface area contributed by atoms with Crippen molar-refractivity contribution in [2.75, 3.05) is 12.0 Å². The van der Waals surface area contributed by atoms with Crippen molar-refractivity contribution < 1.29 is 28.9 Å². The molecule has 224 valence electrons. The molecule has 1 unspecified atom stereocenters. The standard InChI is InChI=1S/C30H23BrFN5O5S2/c1-14-7-6-10-36-15(2)22(33-27(14)36)25(39)21-23(17-11-18(31)24(38)20(12-17)42-3)37(28(41)26(21)40)29-34-35-30(44-29)43-13-16-8-4-5-9-19(16)32/h4-12,23,38-39H,13H2,1-3H3. The molecule has 1 aliphatic heterocycles. The summed E-state index contributed by atoms with van der Waals surface area (Å²) >= 11 is 5.60. The minimum Gasteiger partial charge on any atom is -0.505 e. The number of anilines is 1. The molecule has 0 saturated carbocycles. The Morgan fingerprint density at radius 3 is 2.66 bits per heavy atom. The Kier molecular flexibility index (Phi) is 7.90. The normalized spacial score (nSPS) is 16.3. The third-order valence-corrected chi connectivity index (χ3v) is 9.96. The van der Waals surface area contributed by atoms with Crippen LogP contribution in [0.4, 0.5) is 9.52 Å². The fourth-order valence-corrected chi connectivity index (χ4v) is 7.35. The number of methoxy groups -OCH3 is 1. The molecule has 10 nitrogen and oxygen atoms in total. The highest BCUT2D eigenvalue weighted by atomic mass is 79.9. The monoisotopic (exact) mass is 695 g/mol. The number of carbonyl (C=O) groups excluding carboxylic acids is 2. The average Bonchev–Trinajstić information content (AvgIpc) is 3.69. The zero-order chi connectivity index (χ0) is 31.3. The number of imidazole rings is 1. The van der Waals surface area contributed by atoms with E-state index in [1.54, 1.807) is 35.7 Å². The van der Waals surface area contributed by atoms with Gasteiger partial charge < -0.3 is 19.4 Å². The van der Waals surface area contributed by atoms with Gasteiger partial charge >= 0.3 is 5.91 Å². The topological polar surface area (TPSA) is 130 Å². The van der Waals surface area contributed by atoms with E-state index in [-0.39, 0.29) is 43.9 Å². The maximum absolute atomic E-state index is 14.2. The zero-order valence-corrected chi connectivity index (χ0v) is 26.6. The van der Waals surface area contributed by atoms with Crippen molar-refractivity contribution in [2.45, 2.75) is 30.0 Å². The Hall–Kier alpha value is -4.27. The summed E-state index contributed by atoms with van der Waals surface area (Å²) < 4.78 is 22.0. The summed E-state index contributed by atoms with van der Waals surface area (Å²) in [6, 6.07) is 11.9. The Labute approximate surface area is 267 Å². The molecule has 0 spiro atoms. The Morgan fingerprint density at radius 2 is 1.93 bits per heavy atom. The summed E-state index contributed by atoms with van der Waals surface area (Å²) in [5.74, 6) is -2.50. The maximum Gasteiger partial charge on any atom is 0.301 e. The number of nitrogens with zero attached hydrogens (tertiary/aromatic N) is 5. The summed E-state index contributed by atoms with van der Waals surface area (Å²) in [4.78, 5) is 33.2. The lowest BCUT2D eigenvalue weighted by Gasteiger charge is -2.23. The Morgan fingerprint density at radius 1 is 1.16 bits per heavy atom. The van der Waals surface area contributed by atoms with Crippen LogP contribution in [-0.2, 0) is 15.3 Å². The lowest BCUT2D eigenvalue weighted by Crippen LogP contribution is -2.29. The molecule has 1 amide bonds. The number of halogens is 2. The average molecular weight is 697 g/mol. The van der Waals surface area contributed by atoms with Crippen molar-refractivity contribution in [1.29, 1.82) is 0 Å². The number of phenolic OH excluding ortho intramolecular Hbond substituents is 1. The number of amides is 1. The molecular formula is C30H23BrFN5O5S2. The van der Waals surface area contributed by atoms with E-state index in [9.17, 15) is 24.2 Å². The van der Waals surface area contributed by atoms with E-state index in [1.165, 1.54) is 37.1 Å². The highest BCUT2D eigenvalue weighted by Crippen LogP contribution is 2.47. The van der Waals surface area contributed by atoms with Gasteiger partial charge in [-0.15, -0.1) is 10.2 Å². The number of ether oxygens (including phenoxy) is 1. The van der Waals surface area contributed by atoms with Gasteiger partial charge in [0.25, 0.3) is 5.78 Å². The number of ketones is 1. The second kappa shape index (κ2) is 11.7. The van der Waals surface area contributed by atoms with Gasteiger partial charge in [0.05, 0.1) is 28.9 Å². The van der Waals surface area contributed by atoms with Crippen molar-refractivity contribution in [1.82, 2.24) is 19.6 Å². The highest BCUT2D eigenvalue weighted by molar-refractivity contribution is 9.10. The van der Waals surface area contributed by atoms with Crippen molar-refractivity contribution in [3.8, 4) is 11.5 Å². The molecule has 1 aliphatic rings. The number of aryl methyl sites for hydroxylation is 2. The number of rotatable bonds is 7. The van der Waals surface area contributed by atoms with Gasteiger partial charge in [0, 0.05) is 11.9 Å². The molecule has 1 fully saturated rings. The Balaban J connectivity index is 1.49. The van der Waals surface area contributed by atoms with Gasteiger partial charge in [0.2, 0.25) is 5.13 Å². The van der Waals surface area contributed by atoms with E-state index in [0.29, 0.717) is 26.8 Å². The molecule has 14 heteroatoms. The van der Waals surface area contributed by atoms with Gasteiger partial charge in [-0.2, -0.15) is 0 Å². The fraction of sp³-hybridized carbons (Fsp3) is 0.167. The highest BCUT2D eigenvalue weighted by Gasteiger charge is 2.49. The van der Waals surface area contributed by atoms with Crippen LogP contribution in [0, 0.1) is 19.7 Å². The zero-order valence-electron chi connectivity index (χ0n) is 23.4. The number of phenols is 1. The van der Waals surface area contributed by atoms with Crippen molar-refractivity contribution in [2.24, 2.45) is 0 Å². The number of aliphatic hydroxyl groups is 1. The molecule has 5 aromatic rings. The quantitative estimate of drug-likeness (QED) is 0.0659. The first-order valence-electron chi connectivity index (χ1n) is 13.1. The lowest BCUT2D eigenvalue weighted by atomic mass is 9.96. The van der Waals surface area contributed by atoms with E-state index in [1.807, 2.05) is 19.1 Å². The molecule has 0 radical (unpaired) electrons. The number of aromatic nitrogens is 4. The number of aliphatic hydroxyl groups excluding tert-OH is 1. The summed E-state index contributed by atoms with van der Waals surface area (Å²) in [7, 11) is 1.37. The van der Waals surface area contributed by atoms with Gasteiger partial charge in [0.1, 0.15) is 17.2 Å². The minimum absolute atomic E-state index is 0.0814. The molecule has 0 aliphatic carbocycles. The smallest absolute Gasteiger partial charge is 0.301 e. The molecule has 3 aromatic heterocycles. The summed E-state index contributed by atoms with van der Waals surface area (Å²) in [6.45, 7) is 3.63. The lowest BCUT2D eigenvalue weighted by molar-refractivity contribution is -0.132. The summed E-state index contributed by atoms with van der Waals surface area (Å²) in [6.07, 6.45) is 1.79. The molecule has 0 bridgehead atoms. The molecule has 2 N–H and O–H groups in total. The predicted molar refractivity (Wildman–Crippen MR) is 168 cm³/mol. The van der Waals surface area contributed by atoms with Gasteiger partial charge in [0.15, 0.2) is 21.6 Å². The van der Waals surface area contributed by atoms with E-state index in [4.69, 9.17) is 4.74 Å². The van der Waals surface area contributed by atoms with E-state index in [0.717, 1.165) is 21.8 Å². The van der Waals surface area contributed by atoms with Crippen LogP contribution in [0.3, 0.4) is 0 Å². The van der Waals surface area contributed by atoms with Crippen LogP contribution in [0.15, 0.2) is 69.1 Å². The number of carbonyl (C=O) groups is 2. The van der Waals surface area contributed by atoms with Gasteiger partial charge in [-0.05, 0) is 70.7 Å². The van der Waals surface area contributed by atoms with Crippen molar-refractivity contribution in [3.63, 3.8) is 0 Å². The van der Waals surface area contributed by atoms with Crippen LogP contribution in [0.25, 0.3) is 11.4 Å². The molecule has 44 heavy (non-hydrogen) atoms. The number of benzene rings is 2. The number of hydrogen-bond donors (Lipinski definition) is 2. The number of hydrogen-bond acceptors (Lipinski definition) is 10. The van der Waals surface area contributed by atoms with Crippen molar-refractivity contribution in [3.05, 3.63) is 98.7 Å². The molecule has 1 saturated heterocycles. The van der Waals surface area contributed by atoms with Crippen LogP contribution in [0.2, 0.25) is 0 Å². The van der Waals surface area contributed by atoms with Gasteiger partial charge in [-0.1, -0.05) is 47.4 Å². The van der Waals surface area contributed by atoms with Crippen LogP contribution in [0.1, 0.15) is 34.1 Å². The third-order valence-electron chi connectivity index (χ3n) is 7.25. The SMILES string of the molecule is COc1cc(C2C(=C(O)c3nc4c(C)cccn4c3C)C(=O)C(=O)N2c2nnc(SCc3ccccc3F)s2)cc(Br)c1O.